The summed E-state index contributed by atoms with van der Waals surface area (Å²) in [5.74, 6) is 0. The largest absolute Gasteiger partial charge is 0.326 e. The van der Waals surface area contributed by atoms with Gasteiger partial charge in [0.2, 0.25) is 0 Å². The van der Waals surface area contributed by atoms with E-state index in [9.17, 15) is 0 Å². The number of allylic oxidation sites excluding steroid dienone is 1. The maximum Gasteiger partial charge on any atom is 0.0184 e. The van der Waals surface area contributed by atoms with Crippen LogP contribution in [-0.4, -0.2) is 0 Å². The third-order valence-corrected chi connectivity index (χ3v) is 3.58. The first-order valence-corrected chi connectivity index (χ1v) is 6.37. The van der Waals surface area contributed by atoms with E-state index >= 15 is 0 Å². The van der Waals surface area contributed by atoms with E-state index in [0.29, 0.717) is 6.54 Å². The van der Waals surface area contributed by atoms with Crippen LogP contribution < -0.4 is 5.73 Å². The Kier molecular flexibility index (Phi) is 2.77. The van der Waals surface area contributed by atoms with E-state index in [1.54, 1.807) is 0 Å². The maximum absolute atomic E-state index is 5.85. The Bertz CT molecular complexity index is 623. The fourth-order valence-electron chi connectivity index (χ4n) is 2.73. The highest BCUT2D eigenvalue weighted by Crippen LogP contribution is 2.35. The molecular formula is C17H17N. The lowest BCUT2D eigenvalue weighted by atomic mass is 9.94. The van der Waals surface area contributed by atoms with Crippen LogP contribution >= 0.6 is 0 Å². The lowest BCUT2D eigenvalue weighted by Crippen LogP contribution is -1.99. The molecule has 0 saturated heterocycles. The molecule has 1 nitrogen and oxygen atoms in total. The van der Waals surface area contributed by atoms with E-state index in [1.165, 1.54) is 33.4 Å². The Labute approximate surface area is 108 Å². The zero-order chi connectivity index (χ0) is 12.5. The summed E-state index contributed by atoms with van der Waals surface area (Å²) in [7, 11) is 0. The van der Waals surface area contributed by atoms with E-state index in [4.69, 9.17) is 5.73 Å². The molecule has 0 heterocycles. The smallest absolute Gasteiger partial charge is 0.0184 e. The van der Waals surface area contributed by atoms with Gasteiger partial charge in [-0.25, -0.2) is 0 Å². The van der Waals surface area contributed by atoms with E-state index in [1.807, 2.05) is 0 Å². The number of hydrogen-bond donors (Lipinski definition) is 1. The van der Waals surface area contributed by atoms with Crippen molar-refractivity contribution in [2.45, 2.75) is 19.9 Å². The zero-order valence-electron chi connectivity index (χ0n) is 10.6. The number of benzene rings is 2. The Morgan fingerprint density at radius 2 is 1.78 bits per heavy atom. The molecule has 0 amide bonds. The third kappa shape index (κ3) is 1.77. The molecule has 0 radical (unpaired) electrons. The number of hydrogen-bond acceptors (Lipinski definition) is 1. The lowest BCUT2D eigenvalue weighted by Gasteiger charge is -2.11. The van der Waals surface area contributed by atoms with Crippen LogP contribution in [0.5, 0.6) is 0 Å². The van der Waals surface area contributed by atoms with Crippen molar-refractivity contribution in [2.24, 2.45) is 5.73 Å². The summed E-state index contributed by atoms with van der Waals surface area (Å²) >= 11 is 0. The van der Waals surface area contributed by atoms with Crippen LogP contribution in [0.25, 0.3) is 17.2 Å². The van der Waals surface area contributed by atoms with Gasteiger partial charge < -0.3 is 5.73 Å². The van der Waals surface area contributed by atoms with E-state index in [-0.39, 0.29) is 0 Å². The number of fused-ring (bicyclic) bond motifs is 1. The second-order valence-electron chi connectivity index (χ2n) is 4.91. The molecule has 2 N–H and O–H groups in total. The highest BCUT2D eigenvalue weighted by Gasteiger charge is 2.15. The van der Waals surface area contributed by atoms with Crippen LogP contribution in [-0.2, 0) is 13.0 Å². The molecule has 2 aromatic rings. The Balaban J connectivity index is 2.22. The first-order valence-electron chi connectivity index (χ1n) is 6.37. The maximum atomic E-state index is 5.85. The van der Waals surface area contributed by atoms with E-state index in [2.05, 4.69) is 55.5 Å². The van der Waals surface area contributed by atoms with Gasteiger partial charge in [-0.3, -0.25) is 0 Å². The predicted molar refractivity (Wildman–Crippen MR) is 77.1 cm³/mol. The minimum absolute atomic E-state index is 0.586. The number of nitrogens with two attached hydrogens (primary N) is 1. The minimum atomic E-state index is 0.586. The molecule has 3 rings (SSSR count). The standard InChI is InChI=1S/C17H17N/c1-12-9-13-6-4-8-16(17(13)10-12)15-7-3-2-5-14(15)11-18/h2-8,10H,9,11,18H2,1H3. The zero-order valence-corrected chi connectivity index (χ0v) is 10.6. The Morgan fingerprint density at radius 3 is 2.61 bits per heavy atom. The molecule has 0 aromatic heterocycles. The molecule has 0 fully saturated rings. The summed E-state index contributed by atoms with van der Waals surface area (Å²) in [5, 5.41) is 0. The molecule has 0 aliphatic heterocycles. The van der Waals surface area contributed by atoms with Gasteiger partial charge in [-0.2, -0.15) is 0 Å². The van der Waals surface area contributed by atoms with E-state index < -0.39 is 0 Å². The van der Waals surface area contributed by atoms with Gasteiger partial charge >= 0.3 is 0 Å². The van der Waals surface area contributed by atoms with Crippen molar-refractivity contribution < 1.29 is 0 Å². The fourth-order valence-corrected chi connectivity index (χ4v) is 2.73. The average molecular weight is 235 g/mol. The van der Waals surface area contributed by atoms with Crippen molar-refractivity contribution in [1.82, 2.24) is 0 Å². The second-order valence-corrected chi connectivity index (χ2v) is 4.91. The normalized spacial score (nSPS) is 13.3. The SMILES string of the molecule is CC1=Cc2c(cccc2-c2ccccc2CN)C1. The summed E-state index contributed by atoms with van der Waals surface area (Å²) in [6, 6.07) is 15.0. The van der Waals surface area contributed by atoms with Gasteiger partial charge in [0.25, 0.3) is 0 Å². The predicted octanol–water partition coefficient (Wildman–Crippen LogP) is 3.77. The molecule has 0 atom stereocenters. The van der Waals surface area contributed by atoms with Gasteiger partial charge in [-0.05, 0) is 41.2 Å². The summed E-state index contributed by atoms with van der Waals surface area (Å²) in [6.45, 7) is 2.78. The summed E-state index contributed by atoms with van der Waals surface area (Å²) in [6.07, 6.45) is 3.38. The molecule has 1 aliphatic carbocycles. The molecule has 18 heavy (non-hydrogen) atoms. The van der Waals surface area contributed by atoms with Crippen LogP contribution in [0.4, 0.5) is 0 Å². The van der Waals surface area contributed by atoms with Gasteiger partial charge in [0.1, 0.15) is 0 Å². The van der Waals surface area contributed by atoms with Crippen molar-refractivity contribution in [3.05, 3.63) is 64.7 Å². The average Bonchev–Trinajstić information content (AvgIpc) is 2.78. The minimum Gasteiger partial charge on any atom is -0.326 e. The van der Waals surface area contributed by atoms with Crippen molar-refractivity contribution in [3.8, 4) is 11.1 Å². The molecule has 90 valence electrons. The molecule has 0 saturated carbocycles. The number of rotatable bonds is 2. The van der Waals surface area contributed by atoms with Crippen LogP contribution in [0.3, 0.4) is 0 Å². The van der Waals surface area contributed by atoms with Gasteiger partial charge in [0.05, 0.1) is 0 Å². The quantitative estimate of drug-likeness (QED) is 0.842. The summed E-state index contributed by atoms with van der Waals surface area (Å²) < 4.78 is 0. The molecule has 1 heteroatoms. The van der Waals surface area contributed by atoms with Crippen LogP contribution in [0.1, 0.15) is 23.6 Å². The van der Waals surface area contributed by atoms with Crippen LogP contribution in [0, 0.1) is 0 Å². The van der Waals surface area contributed by atoms with Crippen molar-refractivity contribution in [1.29, 1.82) is 0 Å². The first kappa shape index (κ1) is 11.2. The second kappa shape index (κ2) is 4.43. The van der Waals surface area contributed by atoms with Crippen molar-refractivity contribution in [3.63, 3.8) is 0 Å². The fraction of sp³-hybridized carbons (Fsp3) is 0.176. The topological polar surface area (TPSA) is 26.0 Å². The summed E-state index contributed by atoms with van der Waals surface area (Å²) in [4.78, 5) is 0. The molecular weight excluding hydrogens is 218 g/mol. The molecule has 0 spiro atoms. The monoisotopic (exact) mass is 235 g/mol. The van der Waals surface area contributed by atoms with Crippen molar-refractivity contribution >= 4 is 6.08 Å². The molecule has 0 bridgehead atoms. The molecule has 0 unspecified atom stereocenters. The van der Waals surface area contributed by atoms with Gasteiger partial charge in [-0.1, -0.05) is 54.1 Å². The van der Waals surface area contributed by atoms with Crippen molar-refractivity contribution in [2.75, 3.05) is 0 Å². The highest BCUT2D eigenvalue weighted by molar-refractivity contribution is 5.82. The molecule has 1 aliphatic rings. The van der Waals surface area contributed by atoms with Gasteiger partial charge in [-0.15, -0.1) is 0 Å². The van der Waals surface area contributed by atoms with E-state index in [0.717, 1.165) is 6.42 Å². The molecule has 2 aromatic carbocycles. The van der Waals surface area contributed by atoms with Crippen LogP contribution in [0.2, 0.25) is 0 Å². The Morgan fingerprint density at radius 1 is 1.00 bits per heavy atom. The third-order valence-electron chi connectivity index (χ3n) is 3.58. The van der Waals surface area contributed by atoms with Gasteiger partial charge in [0, 0.05) is 6.54 Å². The lowest BCUT2D eigenvalue weighted by molar-refractivity contribution is 1.07. The Hall–Kier alpha value is -1.86. The van der Waals surface area contributed by atoms with Crippen LogP contribution in [0.15, 0.2) is 48.0 Å². The summed E-state index contributed by atoms with van der Waals surface area (Å²) in [5.41, 5.74) is 13.9. The van der Waals surface area contributed by atoms with Gasteiger partial charge in [0.15, 0.2) is 0 Å². The first-order chi connectivity index (χ1) is 8.79. The highest BCUT2D eigenvalue weighted by atomic mass is 14.5.